The zero-order chi connectivity index (χ0) is 68.1. The molecule has 478 valence electrons. The number of esters is 4. The topological polar surface area (TPSA) is 162 Å². The molecule has 12 aromatic carbocycles. The Kier molecular flexibility index (Phi) is 17.1. The van der Waals surface area contributed by atoms with Crippen LogP contribution in [-0.2, 0) is 45.4 Å². The van der Waals surface area contributed by atoms with E-state index in [1.54, 1.807) is 72.8 Å². The fourth-order valence-electron chi connectivity index (χ4n) is 12.6. The first-order valence-corrected chi connectivity index (χ1v) is 32.1. The van der Waals surface area contributed by atoms with Crippen molar-refractivity contribution in [2.45, 2.75) is 26.4 Å². The van der Waals surface area contributed by atoms with E-state index in [1.807, 2.05) is 221 Å². The molecule has 100 heavy (non-hydrogen) atoms. The average molecular weight is 1300 g/mol. The summed E-state index contributed by atoms with van der Waals surface area (Å²) in [5.41, 5.74) is 11.0. The highest BCUT2D eigenvalue weighted by molar-refractivity contribution is 6.15. The van der Waals surface area contributed by atoms with Gasteiger partial charge in [0.05, 0.1) is 63.2 Å². The van der Waals surface area contributed by atoms with Crippen molar-refractivity contribution >= 4 is 78.9 Å². The Morgan fingerprint density at radius 2 is 0.620 bits per heavy atom. The van der Waals surface area contributed by atoms with Gasteiger partial charge < -0.3 is 28.1 Å². The van der Waals surface area contributed by atoms with Gasteiger partial charge >= 0.3 is 23.9 Å². The van der Waals surface area contributed by atoms with Crippen LogP contribution in [0.15, 0.2) is 285 Å². The number of carbonyl (C=O) groups excluding carboxylic acids is 4. The molecule has 0 fully saturated rings. The summed E-state index contributed by atoms with van der Waals surface area (Å²) in [6.45, 7) is 17.6. The lowest BCUT2D eigenvalue weighted by Crippen LogP contribution is -2.07. The van der Waals surface area contributed by atoms with Gasteiger partial charge in [-0.2, -0.15) is 0 Å². The van der Waals surface area contributed by atoms with E-state index in [9.17, 15) is 19.2 Å². The number of hydrogen-bond acceptors (Lipinski definition) is 11. The van der Waals surface area contributed by atoms with Crippen LogP contribution in [0.3, 0.4) is 0 Å². The van der Waals surface area contributed by atoms with Gasteiger partial charge in [-0.1, -0.05) is 200 Å². The van der Waals surface area contributed by atoms with Crippen molar-refractivity contribution in [2.75, 3.05) is 0 Å². The summed E-state index contributed by atoms with van der Waals surface area (Å²) in [5, 5.41) is 2.40. The van der Waals surface area contributed by atoms with E-state index in [4.69, 9.17) is 47.0 Å². The maximum Gasteiger partial charge on any atom is 0.338 e. The fourth-order valence-corrected chi connectivity index (χ4v) is 12.6. The maximum absolute atomic E-state index is 14.1. The second kappa shape index (κ2) is 27.4. The predicted octanol–water partition coefficient (Wildman–Crippen LogP) is 19.3. The predicted molar refractivity (Wildman–Crippen MR) is 385 cm³/mol. The molecule has 0 atom stereocenters. The molecular weight excluding hydrogens is 1250 g/mol. The second-order valence-corrected chi connectivity index (χ2v) is 23.6. The van der Waals surface area contributed by atoms with Crippen LogP contribution in [0.25, 0.3) is 110 Å². The van der Waals surface area contributed by atoms with Gasteiger partial charge in [-0.3, -0.25) is 0 Å². The van der Waals surface area contributed by atoms with E-state index in [2.05, 4.69) is 9.69 Å². The van der Waals surface area contributed by atoms with Crippen LogP contribution in [0.1, 0.15) is 63.7 Å². The first-order valence-electron chi connectivity index (χ1n) is 32.1. The summed E-state index contributed by atoms with van der Waals surface area (Å²) in [4.78, 5) is 80.8. The zero-order valence-corrected chi connectivity index (χ0v) is 53.4. The standard InChI is InChI=1S/C85H55N7O8/c1-86-69-34-19-18-32-63(69)64-33-20-36-75(91-71-42-38-59(82(93)97-50-54-22-8-3-9-23-54)46-65(71)66-47-60(39-43-72(66)91)83(94)98-51-55-24-10-4-11-25-55)77(64)80-88-79(58-30-16-7-17-31-58)89-81(90-80)78-70(87-2)35-21-37-76(78)92-73-44-40-61(84(95)99-52-56-26-12-5-13-27-56)48-67(73)68-49-62(41-45-74(68)92)85(96)100-53-57-28-14-6-15-29-57/h3-49H,50-53H2. The van der Waals surface area contributed by atoms with Gasteiger partial charge in [0.25, 0.3) is 0 Å². The first kappa shape index (κ1) is 62.2. The van der Waals surface area contributed by atoms with Crippen molar-refractivity contribution in [3.63, 3.8) is 0 Å². The summed E-state index contributed by atoms with van der Waals surface area (Å²) in [7, 11) is 0. The molecule has 3 aromatic heterocycles. The number of nitrogens with zero attached hydrogens (tertiary/aromatic N) is 7. The molecule has 0 radical (unpaired) electrons. The van der Waals surface area contributed by atoms with E-state index in [0.29, 0.717) is 88.5 Å². The van der Waals surface area contributed by atoms with Crippen molar-refractivity contribution < 1.29 is 38.1 Å². The molecule has 15 heteroatoms. The van der Waals surface area contributed by atoms with Crippen LogP contribution in [0.2, 0.25) is 0 Å². The quantitative estimate of drug-likeness (QED) is 0.0456. The lowest BCUT2D eigenvalue weighted by atomic mass is 9.95. The highest BCUT2D eigenvalue weighted by atomic mass is 16.5. The number of benzene rings is 12. The summed E-state index contributed by atoms with van der Waals surface area (Å²) < 4.78 is 27.5. The molecule has 15 aromatic rings. The van der Waals surface area contributed by atoms with Gasteiger partial charge in [0.2, 0.25) is 0 Å². The molecule has 15 nitrogen and oxygen atoms in total. The largest absolute Gasteiger partial charge is 0.457 e. The minimum atomic E-state index is -0.556. The Labute approximate surface area is 573 Å². The number of hydrogen-bond donors (Lipinski definition) is 0. The smallest absolute Gasteiger partial charge is 0.338 e. The van der Waals surface area contributed by atoms with Crippen LogP contribution in [-0.4, -0.2) is 48.0 Å². The lowest BCUT2D eigenvalue weighted by Gasteiger charge is -2.20. The van der Waals surface area contributed by atoms with Crippen LogP contribution in [0.4, 0.5) is 11.4 Å². The van der Waals surface area contributed by atoms with Crippen LogP contribution in [0.5, 0.6) is 0 Å². The van der Waals surface area contributed by atoms with Crippen molar-refractivity contribution in [3.8, 4) is 56.7 Å². The summed E-state index contributed by atoms with van der Waals surface area (Å²) in [5.74, 6) is -1.69. The Bertz CT molecular complexity index is 5560. The lowest BCUT2D eigenvalue weighted by molar-refractivity contribution is 0.0464. The van der Waals surface area contributed by atoms with Crippen LogP contribution < -0.4 is 0 Å². The monoisotopic (exact) mass is 1300 g/mol. The van der Waals surface area contributed by atoms with Gasteiger partial charge in [0, 0.05) is 43.9 Å². The van der Waals surface area contributed by atoms with E-state index in [0.717, 1.165) is 22.3 Å². The Morgan fingerprint density at radius 1 is 0.310 bits per heavy atom. The summed E-state index contributed by atoms with van der Waals surface area (Å²) in [6.07, 6.45) is 0. The van der Waals surface area contributed by atoms with Crippen molar-refractivity contribution in [1.29, 1.82) is 0 Å². The average Bonchev–Trinajstić information content (AvgIpc) is 1.54. The van der Waals surface area contributed by atoms with Crippen LogP contribution in [0, 0.1) is 13.1 Å². The van der Waals surface area contributed by atoms with Crippen LogP contribution >= 0.6 is 0 Å². The minimum Gasteiger partial charge on any atom is -0.457 e. The Balaban J connectivity index is 0.945. The van der Waals surface area contributed by atoms with Gasteiger partial charge in [0.15, 0.2) is 28.8 Å². The summed E-state index contributed by atoms with van der Waals surface area (Å²) in [6, 6.07) is 86.7. The third-order valence-electron chi connectivity index (χ3n) is 17.4. The number of fused-ring (bicyclic) bond motifs is 6. The number of rotatable bonds is 18. The van der Waals surface area contributed by atoms with Crippen molar-refractivity contribution in [1.82, 2.24) is 24.1 Å². The Hall–Kier alpha value is -13.9. The molecule has 0 bridgehead atoms. The van der Waals surface area contributed by atoms with E-state index >= 15 is 0 Å². The highest BCUT2D eigenvalue weighted by Gasteiger charge is 2.28. The molecule has 3 heterocycles. The third kappa shape index (κ3) is 12.3. The highest BCUT2D eigenvalue weighted by Crippen LogP contribution is 2.46. The number of aromatic nitrogens is 5. The number of para-hydroxylation sites is 1. The van der Waals surface area contributed by atoms with Gasteiger partial charge in [-0.15, -0.1) is 0 Å². The molecule has 0 N–H and O–H groups in total. The molecule has 0 amide bonds. The molecule has 0 spiro atoms. The normalized spacial score (nSPS) is 11.1. The molecule has 0 unspecified atom stereocenters. The zero-order valence-electron chi connectivity index (χ0n) is 53.4. The first-order chi connectivity index (χ1) is 49.2. The minimum absolute atomic E-state index is 0.0436. The number of carbonyl (C=O) groups is 4. The Morgan fingerprint density at radius 3 is 1.01 bits per heavy atom. The second-order valence-electron chi connectivity index (χ2n) is 23.6. The van der Waals surface area contributed by atoms with Gasteiger partial charge in [-0.05, 0) is 118 Å². The number of ether oxygens (including phenoxy) is 4. The SMILES string of the molecule is [C-]#[N+]c1ccccc1-c1cccc(-n2c3ccc(C(=O)OCc4ccccc4)cc3c3cc(C(=O)OCc4ccccc4)ccc32)c1-c1nc(-c2ccccc2)nc(-c2c([N+]#[C-])cccc2-n2c3ccc(C(=O)OCc4ccccc4)cc3c3cc(C(=O)OCc4ccccc4)ccc32)n1. The molecule has 0 saturated carbocycles. The maximum atomic E-state index is 14.1. The summed E-state index contributed by atoms with van der Waals surface area (Å²) >= 11 is 0. The molecule has 0 saturated heterocycles. The van der Waals surface area contributed by atoms with Crippen molar-refractivity contribution in [3.05, 3.63) is 352 Å². The molecule has 0 aliphatic heterocycles. The molecule has 15 rings (SSSR count). The molecular formula is C85H55N7O8. The molecule has 0 aliphatic rings. The van der Waals surface area contributed by atoms with E-state index < -0.39 is 23.9 Å². The van der Waals surface area contributed by atoms with E-state index in [-0.39, 0.29) is 71.8 Å². The van der Waals surface area contributed by atoms with E-state index in [1.165, 1.54) is 0 Å². The van der Waals surface area contributed by atoms with Gasteiger partial charge in [0.1, 0.15) is 26.4 Å². The molecule has 0 aliphatic carbocycles. The fraction of sp³-hybridized carbons (Fsp3) is 0.0471. The van der Waals surface area contributed by atoms with Crippen molar-refractivity contribution in [2.24, 2.45) is 0 Å². The third-order valence-corrected chi connectivity index (χ3v) is 17.4. The van der Waals surface area contributed by atoms with Gasteiger partial charge in [-0.25, -0.2) is 43.8 Å².